The van der Waals surface area contributed by atoms with Crippen molar-refractivity contribution in [3.05, 3.63) is 71.2 Å². The maximum Gasteiger partial charge on any atom is 0.254 e. The van der Waals surface area contributed by atoms with Gasteiger partial charge in [0.25, 0.3) is 5.91 Å². The van der Waals surface area contributed by atoms with Crippen molar-refractivity contribution in [3.63, 3.8) is 0 Å². The molecule has 9 heteroatoms. The van der Waals surface area contributed by atoms with Gasteiger partial charge in [0.15, 0.2) is 0 Å². The van der Waals surface area contributed by atoms with E-state index in [2.05, 4.69) is 20.8 Å². The average Bonchev–Trinajstić information content (AvgIpc) is 3.21. The number of anilines is 1. The lowest BCUT2D eigenvalue weighted by Gasteiger charge is -2.28. The van der Waals surface area contributed by atoms with Crippen LogP contribution in [0.3, 0.4) is 0 Å². The third-order valence-electron chi connectivity index (χ3n) is 4.84. The average molecular weight is 438 g/mol. The molecule has 0 radical (unpaired) electrons. The highest BCUT2D eigenvalue weighted by atomic mass is 32.2. The number of nitrogens with zero attached hydrogens (tertiary/aromatic N) is 3. The molecule has 1 fully saturated rings. The molecule has 1 aliphatic rings. The second kappa shape index (κ2) is 9.65. The number of carbonyl (C=O) groups is 2. The lowest BCUT2D eigenvalue weighted by atomic mass is 10.1. The van der Waals surface area contributed by atoms with E-state index in [9.17, 15) is 9.59 Å². The molecule has 2 amide bonds. The van der Waals surface area contributed by atoms with Crippen LogP contribution in [0.1, 0.15) is 27.4 Å². The lowest BCUT2D eigenvalue weighted by Crippen LogP contribution is -2.47. The number of benzene rings is 1. The molecule has 4 rings (SSSR count). The number of aryl methyl sites for hydroxylation is 1. The molecule has 1 aliphatic heterocycles. The van der Waals surface area contributed by atoms with E-state index in [0.717, 1.165) is 29.2 Å². The molecule has 31 heavy (non-hydrogen) atoms. The molecule has 0 aliphatic carbocycles. The molecule has 0 saturated carbocycles. The van der Waals surface area contributed by atoms with Crippen LogP contribution in [-0.4, -0.2) is 41.6 Å². The summed E-state index contributed by atoms with van der Waals surface area (Å²) in [7, 11) is 0. The van der Waals surface area contributed by atoms with Crippen LogP contribution in [0.25, 0.3) is 0 Å². The second-order valence-corrected chi connectivity index (χ2v) is 8.16. The van der Waals surface area contributed by atoms with E-state index >= 15 is 0 Å². The highest BCUT2D eigenvalue weighted by Crippen LogP contribution is 2.24. The Morgan fingerprint density at radius 1 is 1.29 bits per heavy atom. The van der Waals surface area contributed by atoms with Crippen LogP contribution in [0.15, 0.2) is 58.2 Å². The first-order valence-corrected chi connectivity index (χ1v) is 11.0. The largest absolute Gasteiger partial charge is 0.361 e. The maximum atomic E-state index is 12.8. The van der Waals surface area contributed by atoms with Gasteiger partial charge >= 0.3 is 0 Å². The number of pyridine rings is 1. The molecular weight excluding hydrogens is 414 g/mol. The van der Waals surface area contributed by atoms with Crippen LogP contribution in [-0.2, 0) is 17.1 Å². The minimum Gasteiger partial charge on any atom is -0.361 e. The number of amides is 2. The van der Waals surface area contributed by atoms with Gasteiger partial charge in [-0.05, 0) is 36.8 Å². The second-order valence-electron chi connectivity index (χ2n) is 7.19. The zero-order valence-corrected chi connectivity index (χ0v) is 17.9. The van der Waals surface area contributed by atoms with Crippen LogP contribution < -0.4 is 15.5 Å². The van der Waals surface area contributed by atoms with Crippen LogP contribution in [0.2, 0.25) is 0 Å². The van der Waals surface area contributed by atoms with Gasteiger partial charge in [0.1, 0.15) is 10.8 Å². The van der Waals surface area contributed by atoms with E-state index in [4.69, 9.17) is 4.52 Å². The van der Waals surface area contributed by atoms with Crippen molar-refractivity contribution in [3.8, 4) is 0 Å². The van der Waals surface area contributed by atoms with Gasteiger partial charge in [0.05, 0.1) is 17.8 Å². The number of rotatable bonds is 7. The van der Waals surface area contributed by atoms with Crippen LogP contribution in [0, 0.1) is 6.92 Å². The zero-order valence-electron chi connectivity index (χ0n) is 17.1. The Morgan fingerprint density at radius 3 is 2.87 bits per heavy atom. The number of aromatic nitrogens is 2. The summed E-state index contributed by atoms with van der Waals surface area (Å²) in [6.07, 6.45) is 1.67. The summed E-state index contributed by atoms with van der Waals surface area (Å²) in [6, 6.07) is 13.3. The van der Waals surface area contributed by atoms with Gasteiger partial charge in [0.2, 0.25) is 5.91 Å². The summed E-state index contributed by atoms with van der Waals surface area (Å²) in [6.45, 7) is 4.05. The summed E-state index contributed by atoms with van der Waals surface area (Å²) in [5.41, 5.74) is 3.32. The fraction of sp³-hybridized carbons (Fsp3) is 0.273. The molecule has 2 N–H and O–H groups in total. The van der Waals surface area contributed by atoms with E-state index in [1.54, 1.807) is 18.3 Å². The molecule has 0 bridgehead atoms. The molecule has 3 aromatic rings. The van der Waals surface area contributed by atoms with Gasteiger partial charge in [0, 0.05) is 43.3 Å². The highest BCUT2D eigenvalue weighted by Gasteiger charge is 2.17. The van der Waals surface area contributed by atoms with Crippen LogP contribution in [0.5, 0.6) is 0 Å². The van der Waals surface area contributed by atoms with Crippen molar-refractivity contribution in [2.75, 3.05) is 24.5 Å². The SMILES string of the molecule is Cc1cc(CSc2ncccc2C(=O)NCc2ccc(N3CCNC(=O)C3)cc2)no1. The predicted octanol–water partition coefficient (Wildman–Crippen LogP) is 2.54. The van der Waals surface area contributed by atoms with Crippen molar-refractivity contribution in [2.24, 2.45) is 0 Å². The van der Waals surface area contributed by atoms with Gasteiger partial charge < -0.3 is 20.1 Å². The summed E-state index contributed by atoms with van der Waals surface area (Å²) in [4.78, 5) is 30.7. The Kier molecular flexibility index (Phi) is 6.51. The third kappa shape index (κ3) is 5.43. The first kappa shape index (κ1) is 20.9. The van der Waals surface area contributed by atoms with Gasteiger partial charge in [-0.2, -0.15) is 0 Å². The Morgan fingerprint density at radius 2 is 2.13 bits per heavy atom. The molecule has 160 valence electrons. The molecule has 3 heterocycles. The summed E-state index contributed by atoms with van der Waals surface area (Å²) < 4.78 is 5.08. The number of hydrogen-bond acceptors (Lipinski definition) is 7. The van der Waals surface area contributed by atoms with Gasteiger partial charge in [-0.1, -0.05) is 29.1 Å². The van der Waals surface area contributed by atoms with E-state index < -0.39 is 0 Å². The van der Waals surface area contributed by atoms with Crippen molar-refractivity contribution in [2.45, 2.75) is 24.2 Å². The summed E-state index contributed by atoms with van der Waals surface area (Å²) in [5, 5.41) is 10.4. The molecular formula is C22H23N5O3S. The van der Waals surface area contributed by atoms with E-state index in [-0.39, 0.29) is 11.8 Å². The Bertz CT molecular complexity index is 1070. The minimum absolute atomic E-state index is 0.0337. The van der Waals surface area contributed by atoms with Gasteiger partial charge in [-0.25, -0.2) is 4.98 Å². The maximum absolute atomic E-state index is 12.8. The summed E-state index contributed by atoms with van der Waals surface area (Å²) >= 11 is 1.45. The topological polar surface area (TPSA) is 100 Å². The molecule has 1 saturated heterocycles. The zero-order chi connectivity index (χ0) is 21.6. The molecule has 0 spiro atoms. The van der Waals surface area contributed by atoms with E-state index in [0.29, 0.717) is 36.0 Å². The van der Waals surface area contributed by atoms with Crippen molar-refractivity contribution >= 4 is 29.3 Å². The quantitative estimate of drug-likeness (QED) is 0.548. The Hall–Kier alpha value is -3.33. The van der Waals surface area contributed by atoms with Crippen LogP contribution in [0.4, 0.5) is 5.69 Å². The molecule has 8 nitrogen and oxygen atoms in total. The number of carbonyl (C=O) groups excluding carboxylic acids is 2. The van der Waals surface area contributed by atoms with Crippen molar-refractivity contribution < 1.29 is 14.1 Å². The van der Waals surface area contributed by atoms with Crippen LogP contribution >= 0.6 is 11.8 Å². The third-order valence-corrected chi connectivity index (χ3v) is 5.88. The van der Waals surface area contributed by atoms with E-state index in [1.165, 1.54) is 11.8 Å². The molecule has 2 aromatic heterocycles. The van der Waals surface area contributed by atoms with E-state index in [1.807, 2.05) is 42.2 Å². The smallest absolute Gasteiger partial charge is 0.254 e. The van der Waals surface area contributed by atoms with Crippen molar-refractivity contribution in [1.29, 1.82) is 0 Å². The number of thioether (sulfide) groups is 1. The first-order valence-electron chi connectivity index (χ1n) is 9.97. The van der Waals surface area contributed by atoms with Gasteiger partial charge in [-0.15, -0.1) is 0 Å². The molecule has 0 atom stereocenters. The fourth-order valence-corrected chi connectivity index (χ4v) is 4.14. The Labute approximate surface area is 184 Å². The van der Waals surface area contributed by atoms with Crippen molar-refractivity contribution in [1.82, 2.24) is 20.8 Å². The first-order chi connectivity index (χ1) is 15.1. The number of hydrogen-bond donors (Lipinski definition) is 2. The lowest BCUT2D eigenvalue weighted by molar-refractivity contribution is -0.120. The predicted molar refractivity (Wildman–Crippen MR) is 118 cm³/mol. The normalized spacial score (nSPS) is 13.7. The fourth-order valence-electron chi connectivity index (χ4n) is 3.27. The molecule has 0 unspecified atom stereocenters. The monoisotopic (exact) mass is 437 g/mol. The highest BCUT2D eigenvalue weighted by molar-refractivity contribution is 7.98. The van der Waals surface area contributed by atoms with Gasteiger partial charge in [-0.3, -0.25) is 9.59 Å². The number of nitrogens with one attached hydrogen (secondary N) is 2. The molecule has 1 aromatic carbocycles. The Balaban J connectivity index is 1.35. The standard InChI is InChI=1S/C22H23N5O3S/c1-15-11-17(26-30-15)14-31-22-19(3-2-8-24-22)21(29)25-12-16-4-6-18(7-5-16)27-10-9-23-20(28)13-27/h2-8,11H,9-10,12-14H2,1H3,(H,23,28)(H,25,29). The number of piperazine rings is 1. The summed E-state index contributed by atoms with van der Waals surface area (Å²) in [5.74, 6) is 1.18. The minimum atomic E-state index is -0.177.